The minimum atomic E-state index is -0.0805. The normalized spacial score (nSPS) is 15.7. The first-order valence-electron chi connectivity index (χ1n) is 9.92. The van der Waals surface area contributed by atoms with Gasteiger partial charge in [-0.25, -0.2) is 0 Å². The van der Waals surface area contributed by atoms with Crippen molar-refractivity contribution in [2.45, 2.75) is 38.6 Å². The van der Waals surface area contributed by atoms with Crippen LogP contribution in [0.25, 0.3) is 0 Å². The summed E-state index contributed by atoms with van der Waals surface area (Å²) in [5.41, 5.74) is 2.52. The van der Waals surface area contributed by atoms with Gasteiger partial charge in [-0.3, -0.25) is 9.69 Å². The van der Waals surface area contributed by atoms with Crippen LogP contribution in [-0.4, -0.2) is 37.0 Å². The number of amides is 1. The summed E-state index contributed by atoms with van der Waals surface area (Å²) in [5, 5.41) is 3.05. The summed E-state index contributed by atoms with van der Waals surface area (Å²) in [7, 11) is 0. The van der Waals surface area contributed by atoms with Gasteiger partial charge in [0.25, 0.3) is 5.91 Å². The number of likely N-dealkylation sites (tertiary alicyclic amines) is 1. The second kappa shape index (κ2) is 9.56. The van der Waals surface area contributed by atoms with E-state index in [0.717, 1.165) is 18.8 Å². The van der Waals surface area contributed by atoms with Crippen molar-refractivity contribution in [2.24, 2.45) is 0 Å². The van der Waals surface area contributed by atoms with E-state index in [4.69, 9.17) is 4.74 Å². The van der Waals surface area contributed by atoms with Crippen LogP contribution in [0.3, 0.4) is 0 Å². The number of carbonyl (C=O) groups is 1. The van der Waals surface area contributed by atoms with Crippen molar-refractivity contribution in [3.05, 3.63) is 65.7 Å². The molecule has 0 radical (unpaired) electrons. The smallest absolute Gasteiger partial charge is 0.258 e. The van der Waals surface area contributed by atoms with Crippen LogP contribution in [-0.2, 0) is 4.79 Å². The molecule has 0 bridgehead atoms. The van der Waals surface area contributed by atoms with Crippen LogP contribution in [0.1, 0.15) is 49.8 Å². The van der Waals surface area contributed by atoms with E-state index >= 15 is 0 Å². The minimum absolute atomic E-state index is 0.0442. The maximum atomic E-state index is 12.3. The average molecular weight is 367 g/mol. The van der Waals surface area contributed by atoms with Crippen LogP contribution in [0.2, 0.25) is 0 Å². The van der Waals surface area contributed by atoms with Crippen molar-refractivity contribution < 1.29 is 9.53 Å². The second-order valence-corrected chi connectivity index (χ2v) is 7.49. The summed E-state index contributed by atoms with van der Waals surface area (Å²) >= 11 is 0. The van der Waals surface area contributed by atoms with E-state index in [-0.39, 0.29) is 18.6 Å². The highest BCUT2D eigenvalue weighted by atomic mass is 16.5. The molecule has 0 spiro atoms. The molecule has 4 nitrogen and oxygen atoms in total. The Labute approximate surface area is 162 Å². The van der Waals surface area contributed by atoms with Crippen molar-refractivity contribution in [2.75, 3.05) is 26.2 Å². The predicted molar refractivity (Wildman–Crippen MR) is 109 cm³/mol. The Hall–Kier alpha value is -2.33. The fourth-order valence-corrected chi connectivity index (χ4v) is 3.55. The number of benzene rings is 2. The molecule has 1 N–H and O–H groups in total. The molecule has 3 rings (SSSR count). The largest absolute Gasteiger partial charge is 0.484 e. The number of hydrogen-bond acceptors (Lipinski definition) is 3. The Kier molecular flexibility index (Phi) is 6.88. The van der Waals surface area contributed by atoms with Crippen LogP contribution >= 0.6 is 0 Å². The van der Waals surface area contributed by atoms with E-state index in [1.165, 1.54) is 24.0 Å². The molecular formula is C23H30N2O2. The molecule has 1 amide bonds. The second-order valence-electron chi connectivity index (χ2n) is 7.49. The molecule has 0 aliphatic carbocycles. The molecule has 1 aliphatic heterocycles. The Balaban J connectivity index is 1.51. The van der Waals surface area contributed by atoms with Gasteiger partial charge in [0.2, 0.25) is 0 Å². The Morgan fingerprint density at radius 2 is 1.67 bits per heavy atom. The third-order valence-corrected chi connectivity index (χ3v) is 5.18. The SMILES string of the molecule is CC(C)c1ccc(OCC(=O)NC[C@H](c2ccccc2)N2CCCC2)cc1. The van der Waals surface area contributed by atoms with Crippen molar-refractivity contribution in [3.63, 3.8) is 0 Å². The number of carbonyl (C=O) groups excluding carboxylic acids is 1. The molecule has 1 fully saturated rings. The molecule has 1 heterocycles. The monoisotopic (exact) mass is 366 g/mol. The van der Waals surface area contributed by atoms with Crippen molar-refractivity contribution in [3.8, 4) is 5.75 Å². The van der Waals surface area contributed by atoms with Gasteiger partial charge < -0.3 is 10.1 Å². The van der Waals surface area contributed by atoms with Crippen LogP contribution in [0.4, 0.5) is 0 Å². The van der Waals surface area contributed by atoms with E-state index < -0.39 is 0 Å². The van der Waals surface area contributed by atoms with Gasteiger partial charge in [0.15, 0.2) is 6.61 Å². The zero-order valence-corrected chi connectivity index (χ0v) is 16.4. The highest BCUT2D eigenvalue weighted by molar-refractivity contribution is 5.77. The van der Waals surface area contributed by atoms with E-state index in [9.17, 15) is 4.79 Å². The summed E-state index contributed by atoms with van der Waals surface area (Å²) < 4.78 is 5.64. The standard InChI is InChI=1S/C23H30N2O2/c1-18(2)19-10-12-21(13-11-19)27-17-23(26)24-16-22(25-14-6-7-15-25)20-8-4-3-5-9-20/h3-5,8-13,18,22H,6-7,14-17H2,1-2H3,(H,24,26)/t22-/m1/s1. The summed E-state index contributed by atoms with van der Waals surface area (Å²) in [6, 6.07) is 18.6. The number of hydrogen-bond donors (Lipinski definition) is 1. The van der Waals surface area contributed by atoms with Gasteiger partial charge in [0.1, 0.15) is 5.75 Å². The van der Waals surface area contributed by atoms with Gasteiger partial charge in [-0.15, -0.1) is 0 Å². The van der Waals surface area contributed by atoms with E-state index in [1.807, 2.05) is 18.2 Å². The zero-order chi connectivity index (χ0) is 19.1. The van der Waals surface area contributed by atoms with E-state index in [1.54, 1.807) is 0 Å². The van der Waals surface area contributed by atoms with Gasteiger partial charge >= 0.3 is 0 Å². The van der Waals surface area contributed by atoms with Gasteiger partial charge in [0, 0.05) is 6.54 Å². The Morgan fingerprint density at radius 1 is 1.00 bits per heavy atom. The molecule has 27 heavy (non-hydrogen) atoms. The Bertz CT molecular complexity index is 707. The van der Waals surface area contributed by atoms with Gasteiger partial charge in [-0.05, 0) is 55.1 Å². The fraction of sp³-hybridized carbons (Fsp3) is 0.435. The van der Waals surface area contributed by atoms with Crippen molar-refractivity contribution in [1.29, 1.82) is 0 Å². The lowest BCUT2D eigenvalue weighted by Gasteiger charge is -2.28. The first-order valence-corrected chi connectivity index (χ1v) is 9.92. The molecule has 1 saturated heterocycles. The summed E-state index contributed by atoms with van der Waals surface area (Å²) in [5.74, 6) is 1.14. The molecule has 0 aromatic heterocycles. The molecule has 0 saturated carbocycles. The van der Waals surface area contributed by atoms with Gasteiger partial charge in [-0.1, -0.05) is 56.3 Å². The minimum Gasteiger partial charge on any atom is -0.484 e. The maximum Gasteiger partial charge on any atom is 0.258 e. The number of nitrogens with zero attached hydrogens (tertiary/aromatic N) is 1. The molecule has 1 aliphatic rings. The molecule has 2 aromatic carbocycles. The third kappa shape index (κ3) is 5.57. The first kappa shape index (κ1) is 19.4. The lowest BCUT2D eigenvalue weighted by atomic mass is 10.0. The van der Waals surface area contributed by atoms with Gasteiger partial charge in [-0.2, -0.15) is 0 Å². The van der Waals surface area contributed by atoms with Crippen molar-refractivity contribution >= 4 is 5.91 Å². The van der Waals surface area contributed by atoms with Crippen LogP contribution in [0.5, 0.6) is 5.75 Å². The summed E-state index contributed by atoms with van der Waals surface area (Å²) in [6.07, 6.45) is 2.46. The first-order chi connectivity index (χ1) is 13.1. The van der Waals surface area contributed by atoms with Crippen molar-refractivity contribution in [1.82, 2.24) is 10.2 Å². The lowest BCUT2D eigenvalue weighted by molar-refractivity contribution is -0.123. The lowest BCUT2D eigenvalue weighted by Crippen LogP contribution is -2.38. The van der Waals surface area contributed by atoms with E-state index in [2.05, 4.69) is 60.5 Å². The van der Waals surface area contributed by atoms with Crippen LogP contribution in [0.15, 0.2) is 54.6 Å². The molecule has 4 heteroatoms. The highest BCUT2D eigenvalue weighted by Crippen LogP contribution is 2.24. The quantitative estimate of drug-likeness (QED) is 0.763. The third-order valence-electron chi connectivity index (χ3n) is 5.18. The Morgan fingerprint density at radius 3 is 2.30 bits per heavy atom. The number of nitrogens with one attached hydrogen (secondary N) is 1. The van der Waals surface area contributed by atoms with Crippen LogP contribution < -0.4 is 10.1 Å². The fourth-order valence-electron chi connectivity index (χ4n) is 3.55. The maximum absolute atomic E-state index is 12.3. The van der Waals surface area contributed by atoms with E-state index in [0.29, 0.717) is 12.5 Å². The number of ether oxygens (including phenoxy) is 1. The summed E-state index contributed by atoms with van der Waals surface area (Å²) in [4.78, 5) is 14.7. The highest BCUT2D eigenvalue weighted by Gasteiger charge is 2.23. The zero-order valence-electron chi connectivity index (χ0n) is 16.4. The molecule has 1 atom stereocenters. The topological polar surface area (TPSA) is 41.6 Å². The van der Waals surface area contributed by atoms with Gasteiger partial charge in [0.05, 0.1) is 6.04 Å². The molecule has 144 valence electrons. The molecule has 2 aromatic rings. The number of rotatable bonds is 8. The molecule has 0 unspecified atom stereocenters. The van der Waals surface area contributed by atoms with Crippen LogP contribution in [0, 0.1) is 0 Å². The average Bonchev–Trinajstić information content (AvgIpc) is 3.22. The predicted octanol–water partition coefficient (Wildman–Crippen LogP) is 4.14. The summed E-state index contributed by atoms with van der Waals surface area (Å²) in [6.45, 7) is 7.16. The molecular weight excluding hydrogens is 336 g/mol.